The molecule has 18 heavy (non-hydrogen) atoms. The second-order valence-electron chi connectivity index (χ2n) is 4.79. The minimum absolute atomic E-state index is 0.301. The predicted molar refractivity (Wildman–Crippen MR) is 72.0 cm³/mol. The van der Waals surface area contributed by atoms with Crippen LogP contribution in [0.25, 0.3) is 0 Å². The third-order valence-electron chi connectivity index (χ3n) is 3.42. The molecular weight excluding hydrogens is 228 g/mol. The molecule has 1 saturated heterocycles. The van der Waals surface area contributed by atoms with E-state index < -0.39 is 0 Å². The Hall–Kier alpha value is -1.26. The second kappa shape index (κ2) is 6.07. The molecule has 2 rings (SSSR count). The molecule has 0 spiro atoms. The Morgan fingerprint density at radius 3 is 2.83 bits per heavy atom. The molecule has 1 aromatic carbocycles. The van der Waals surface area contributed by atoms with Crippen molar-refractivity contribution in [3.63, 3.8) is 0 Å². The summed E-state index contributed by atoms with van der Waals surface area (Å²) in [5.41, 5.74) is 7.17. The fourth-order valence-electron chi connectivity index (χ4n) is 2.55. The van der Waals surface area contributed by atoms with E-state index in [9.17, 15) is 0 Å². The van der Waals surface area contributed by atoms with Gasteiger partial charge in [0.05, 0.1) is 14.2 Å². The second-order valence-corrected chi connectivity index (χ2v) is 4.79. The molecule has 4 heteroatoms. The number of benzene rings is 1. The topological polar surface area (TPSA) is 47.7 Å². The number of hydrogen-bond donors (Lipinski definition) is 1. The van der Waals surface area contributed by atoms with Crippen molar-refractivity contribution in [3.05, 3.63) is 23.8 Å². The van der Waals surface area contributed by atoms with E-state index in [0.717, 1.165) is 43.1 Å². The lowest BCUT2D eigenvalue weighted by Crippen LogP contribution is -2.42. The summed E-state index contributed by atoms with van der Waals surface area (Å²) in [5.74, 6) is 1.62. The zero-order valence-electron chi connectivity index (χ0n) is 11.2. The van der Waals surface area contributed by atoms with E-state index in [0.29, 0.717) is 6.04 Å². The van der Waals surface area contributed by atoms with Crippen LogP contribution in [-0.2, 0) is 6.54 Å². The highest BCUT2D eigenvalue weighted by Gasteiger charge is 2.19. The van der Waals surface area contributed by atoms with Crippen molar-refractivity contribution < 1.29 is 9.47 Å². The van der Waals surface area contributed by atoms with Crippen LogP contribution in [0.3, 0.4) is 0 Å². The summed E-state index contributed by atoms with van der Waals surface area (Å²) < 4.78 is 10.8. The molecule has 1 unspecified atom stereocenters. The standard InChI is InChI=1S/C14H22N2O2/c1-17-13-7-3-5-11(14(13)18-2)9-16-8-4-6-12(15)10-16/h3,5,7,12H,4,6,8-10,15H2,1-2H3. The molecule has 1 heterocycles. The Labute approximate surface area is 109 Å². The highest BCUT2D eigenvalue weighted by molar-refractivity contribution is 5.46. The molecule has 1 fully saturated rings. The van der Waals surface area contributed by atoms with E-state index in [1.807, 2.05) is 12.1 Å². The van der Waals surface area contributed by atoms with Gasteiger partial charge < -0.3 is 15.2 Å². The molecule has 0 aliphatic carbocycles. The molecule has 0 amide bonds. The maximum Gasteiger partial charge on any atom is 0.165 e. The first-order valence-electron chi connectivity index (χ1n) is 6.42. The molecule has 0 radical (unpaired) electrons. The molecular formula is C14H22N2O2. The monoisotopic (exact) mass is 250 g/mol. The lowest BCUT2D eigenvalue weighted by molar-refractivity contribution is 0.198. The maximum atomic E-state index is 6.01. The number of methoxy groups -OCH3 is 2. The van der Waals surface area contributed by atoms with Crippen LogP contribution in [-0.4, -0.2) is 38.3 Å². The number of nitrogens with zero attached hydrogens (tertiary/aromatic N) is 1. The van der Waals surface area contributed by atoms with Crippen LogP contribution in [0.5, 0.6) is 11.5 Å². The Kier molecular flexibility index (Phi) is 4.44. The normalized spacial score (nSPS) is 20.7. The van der Waals surface area contributed by atoms with Gasteiger partial charge in [0, 0.05) is 24.7 Å². The number of nitrogens with two attached hydrogens (primary N) is 1. The summed E-state index contributed by atoms with van der Waals surface area (Å²) in [4.78, 5) is 2.38. The SMILES string of the molecule is COc1cccc(CN2CCCC(N)C2)c1OC. The van der Waals surface area contributed by atoms with E-state index in [1.54, 1.807) is 14.2 Å². The van der Waals surface area contributed by atoms with Gasteiger partial charge in [-0.2, -0.15) is 0 Å². The van der Waals surface area contributed by atoms with Crippen LogP contribution in [0.4, 0.5) is 0 Å². The van der Waals surface area contributed by atoms with Gasteiger partial charge in [-0.1, -0.05) is 12.1 Å². The van der Waals surface area contributed by atoms with Gasteiger partial charge in [0.2, 0.25) is 0 Å². The number of likely N-dealkylation sites (tertiary alicyclic amines) is 1. The van der Waals surface area contributed by atoms with Gasteiger partial charge in [-0.3, -0.25) is 4.90 Å². The summed E-state index contributed by atoms with van der Waals surface area (Å²) in [6, 6.07) is 6.31. The van der Waals surface area contributed by atoms with Crippen molar-refractivity contribution in [2.45, 2.75) is 25.4 Å². The average molecular weight is 250 g/mol. The minimum atomic E-state index is 0.301. The van der Waals surface area contributed by atoms with Crippen molar-refractivity contribution in [2.24, 2.45) is 5.73 Å². The molecule has 1 aliphatic rings. The van der Waals surface area contributed by atoms with Crippen LogP contribution in [0.2, 0.25) is 0 Å². The van der Waals surface area contributed by atoms with Crippen LogP contribution >= 0.6 is 0 Å². The molecule has 100 valence electrons. The number of piperidine rings is 1. The predicted octanol–water partition coefficient (Wildman–Crippen LogP) is 1.63. The summed E-state index contributed by atoms with van der Waals surface area (Å²) in [6.07, 6.45) is 2.30. The lowest BCUT2D eigenvalue weighted by atomic mass is 10.1. The minimum Gasteiger partial charge on any atom is -0.493 e. The van der Waals surface area contributed by atoms with Gasteiger partial charge in [-0.25, -0.2) is 0 Å². The Morgan fingerprint density at radius 2 is 2.17 bits per heavy atom. The highest BCUT2D eigenvalue weighted by atomic mass is 16.5. The van der Waals surface area contributed by atoms with E-state index in [4.69, 9.17) is 15.2 Å². The van der Waals surface area contributed by atoms with E-state index in [-0.39, 0.29) is 0 Å². The molecule has 1 aliphatic heterocycles. The van der Waals surface area contributed by atoms with Gasteiger partial charge in [0.1, 0.15) is 0 Å². The number of ether oxygens (including phenoxy) is 2. The maximum absolute atomic E-state index is 6.01. The average Bonchev–Trinajstić information content (AvgIpc) is 2.38. The smallest absolute Gasteiger partial charge is 0.165 e. The lowest BCUT2D eigenvalue weighted by Gasteiger charge is -2.31. The molecule has 2 N–H and O–H groups in total. The van der Waals surface area contributed by atoms with Crippen molar-refractivity contribution in [3.8, 4) is 11.5 Å². The van der Waals surface area contributed by atoms with E-state index in [2.05, 4.69) is 11.0 Å². The molecule has 4 nitrogen and oxygen atoms in total. The number of para-hydroxylation sites is 1. The number of hydrogen-bond acceptors (Lipinski definition) is 4. The molecule has 1 atom stereocenters. The van der Waals surface area contributed by atoms with Crippen molar-refractivity contribution >= 4 is 0 Å². The van der Waals surface area contributed by atoms with E-state index in [1.165, 1.54) is 6.42 Å². The van der Waals surface area contributed by atoms with Gasteiger partial charge in [-0.05, 0) is 25.5 Å². The zero-order valence-corrected chi connectivity index (χ0v) is 11.2. The fourth-order valence-corrected chi connectivity index (χ4v) is 2.55. The Balaban J connectivity index is 2.12. The van der Waals surface area contributed by atoms with Gasteiger partial charge in [-0.15, -0.1) is 0 Å². The van der Waals surface area contributed by atoms with Crippen molar-refractivity contribution in [1.29, 1.82) is 0 Å². The van der Waals surface area contributed by atoms with Gasteiger partial charge in [0.15, 0.2) is 11.5 Å². The van der Waals surface area contributed by atoms with Gasteiger partial charge in [0.25, 0.3) is 0 Å². The first-order valence-corrected chi connectivity index (χ1v) is 6.42. The van der Waals surface area contributed by atoms with Crippen LogP contribution in [0.15, 0.2) is 18.2 Å². The van der Waals surface area contributed by atoms with Crippen LogP contribution in [0, 0.1) is 0 Å². The molecule has 0 saturated carbocycles. The molecule has 0 bridgehead atoms. The first kappa shape index (κ1) is 13.2. The Morgan fingerprint density at radius 1 is 1.33 bits per heavy atom. The molecule has 1 aromatic rings. The highest BCUT2D eigenvalue weighted by Crippen LogP contribution is 2.31. The van der Waals surface area contributed by atoms with Crippen molar-refractivity contribution in [1.82, 2.24) is 4.90 Å². The molecule has 0 aromatic heterocycles. The number of rotatable bonds is 4. The summed E-state index contributed by atoms with van der Waals surface area (Å²) in [7, 11) is 3.35. The first-order chi connectivity index (χ1) is 8.74. The third kappa shape index (κ3) is 2.94. The third-order valence-corrected chi connectivity index (χ3v) is 3.42. The summed E-state index contributed by atoms with van der Waals surface area (Å²) >= 11 is 0. The van der Waals surface area contributed by atoms with Crippen LogP contribution in [0.1, 0.15) is 18.4 Å². The summed E-state index contributed by atoms with van der Waals surface area (Å²) in [6.45, 7) is 2.93. The fraction of sp³-hybridized carbons (Fsp3) is 0.571. The quantitative estimate of drug-likeness (QED) is 0.882. The van der Waals surface area contributed by atoms with Gasteiger partial charge >= 0.3 is 0 Å². The Bertz CT molecular complexity index is 395. The zero-order chi connectivity index (χ0) is 13.0. The van der Waals surface area contributed by atoms with E-state index >= 15 is 0 Å². The van der Waals surface area contributed by atoms with Crippen LogP contribution < -0.4 is 15.2 Å². The van der Waals surface area contributed by atoms with Crippen molar-refractivity contribution in [2.75, 3.05) is 27.3 Å². The largest absolute Gasteiger partial charge is 0.493 e. The summed E-state index contributed by atoms with van der Waals surface area (Å²) in [5, 5.41) is 0.